The van der Waals surface area contributed by atoms with Crippen molar-refractivity contribution in [3.05, 3.63) is 72.1 Å². The van der Waals surface area contributed by atoms with Crippen LogP contribution in [0, 0.1) is 0 Å². The number of rotatable bonds is 10. The minimum Gasteiger partial charge on any atom is -0.497 e. The van der Waals surface area contributed by atoms with Crippen LogP contribution in [0.5, 0.6) is 0 Å². The smallest absolute Gasteiger partial charge is 0.114 e. The Bertz CT molecular complexity index is 476. The molecule has 2 nitrogen and oxygen atoms in total. The maximum atomic E-state index is 5.22. The fourth-order valence-electron chi connectivity index (χ4n) is 1.84. The first-order valence-electron chi connectivity index (χ1n) is 7.04. The Hall–Kier alpha value is -1.80. The van der Waals surface area contributed by atoms with Gasteiger partial charge in [0, 0.05) is 7.11 Å². The Morgan fingerprint density at radius 3 is 2.05 bits per heavy atom. The summed E-state index contributed by atoms with van der Waals surface area (Å²) >= 11 is 0. The summed E-state index contributed by atoms with van der Waals surface area (Å²) in [6.45, 7) is 20.7. The minimum atomic E-state index is 0.607. The van der Waals surface area contributed by atoms with E-state index in [0.29, 0.717) is 12.4 Å². The molecule has 0 aliphatic carbocycles. The third kappa shape index (κ3) is 6.96. The summed E-state index contributed by atoms with van der Waals surface area (Å²) in [6.07, 6.45) is 5.62. The summed E-state index contributed by atoms with van der Waals surface area (Å²) in [4.78, 5) is 0. The zero-order chi connectivity index (χ0) is 16.4. The molecule has 0 atom stereocenters. The minimum absolute atomic E-state index is 0.607. The molecule has 0 aromatic carbocycles. The number of hydrogen-bond donors (Lipinski definition) is 0. The van der Waals surface area contributed by atoms with Gasteiger partial charge in [-0.15, -0.1) is 0 Å². The molecule has 0 aromatic heterocycles. The molecule has 0 aliphatic rings. The van der Waals surface area contributed by atoms with Crippen molar-refractivity contribution in [2.45, 2.75) is 26.7 Å². The van der Waals surface area contributed by atoms with E-state index in [1.54, 1.807) is 14.2 Å². The van der Waals surface area contributed by atoms with Gasteiger partial charge in [-0.05, 0) is 48.1 Å². The first kappa shape index (κ1) is 19.2. The van der Waals surface area contributed by atoms with Crippen LogP contribution in [-0.2, 0) is 9.47 Å². The van der Waals surface area contributed by atoms with Gasteiger partial charge in [0.2, 0.25) is 0 Å². The summed E-state index contributed by atoms with van der Waals surface area (Å²) in [5.74, 6) is 0.628. The van der Waals surface area contributed by atoms with Crippen molar-refractivity contribution < 1.29 is 9.47 Å². The second kappa shape index (κ2) is 10.0. The van der Waals surface area contributed by atoms with Crippen molar-refractivity contribution in [3.63, 3.8) is 0 Å². The normalized spacial score (nSPS) is 12.0. The fraction of sp³-hybridized carbons (Fsp3) is 0.368. The average molecular weight is 288 g/mol. The molecule has 0 amide bonds. The molecule has 2 heteroatoms. The van der Waals surface area contributed by atoms with E-state index in [2.05, 4.69) is 33.2 Å². The highest BCUT2D eigenvalue weighted by molar-refractivity contribution is 5.52. The monoisotopic (exact) mass is 288 g/mol. The Kier molecular flexibility index (Phi) is 9.15. The molecule has 0 saturated heterocycles. The molecule has 21 heavy (non-hydrogen) atoms. The molecule has 0 rings (SSSR count). The number of allylic oxidation sites excluding steroid dienone is 7. The molecule has 0 unspecified atom stereocenters. The van der Waals surface area contributed by atoms with E-state index in [-0.39, 0.29) is 0 Å². The second-order valence-electron chi connectivity index (χ2n) is 4.91. The van der Waals surface area contributed by atoms with Crippen LogP contribution in [0.25, 0.3) is 0 Å². The average Bonchev–Trinajstić information content (AvgIpc) is 2.46. The van der Waals surface area contributed by atoms with Crippen LogP contribution in [-0.4, -0.2) is 20.8 Å². The highest BCUT2D eigenvalue weighted by atomic mass is 16.5. The standard InChI is InChI=1S/C19H28O2/c1-9-18(12-14(2)3)16(5)15(4)13-19(10-11-20-7)17(6)21-8/h12-13H,2,4-6,9-11H2,1,3,7-8H3/b18-12-,19-13-. The first-order chi connectivity index (χ1) is 9.87. The molecule has 0 aliphatic heterocycles. The van der Waals surface area contributed by atoms with Crippen LogP contribution >= 0.6 is 0 Å². The molecular weight excluding hydrogens is 260 g/mol. The van der Waals surface area contributed by atoms with Crippen LogP contribution < -0.4 is 0 Å². The van der Waals surface area contributed by atoms with Crippen molar-refractivity contribution in [2.24, 2.45) is 0 Å². The van der Waals surface area contributed by atoms with Crippen molar-refractivity contribution >= 4 is 0 Å². The molecule has 0 radical (unpaired) electrons. The van der Waals surface area contributed by atoms with Gasteiger partial charge in [-0.25, -0.2) is 0 Å². The predicted molar refractivity (Wildman–Crippen MR) is 92.2 cm³/mol. The van der Waals surface area contributed by atoms with Crippen LogP contribution in [0.1, 0.15) is 26.7 Å². The Morgan fingerprint density at radius 2 is 1.62 bits per heavy atom. The SMILES string of the molecule is C=C(C)/C=C(/CC)C(=C)C(=C)/C=C(/CCOC)C(=C)OC. The molecular formula is C19H28O2. The summed E-state index contributed by atoms with van der Waals surface area (Å²) in [6, 6.07) is 0. The van der Waals surface area contributed by atoms with Gasteiger partial charge in [-0.1, -0.05) is 44.9 Å². The lowest BCUT2D eigenvalue weighted by atomic mass is 9.94. The van der Waals surface area contributed by atoms with Crippen molar-refractivity contribution in [3.8, 4) is 0 Å². The van der Waals surface area contributed by atoms with Gasteiger partial charge in [0.05, 0.1) is 13.7 Å². The Labute approximate surface area is 129 Å². The molecule has 0 spiro atoms. The molecule has 0 bridgehead atoms. The molecule has 0 N–H and O–H groups in total. The summed E-state index contributed by atoms with van der Waals surface area (Å²) in [5, 5.41) is 0. The van der Waals surface area contributed by atoms with Crippen molar-refractivity contribution in [1.29, 1.82) is 0 Å². The Morgan fingerprint density at radius 1 is 1.00 bits per heavy atom. The quantitative estimate of drug-likeness (QED) is 0.409. The van der Waals surface area contributed by atoms with E-state index < -0.39 is 0 Å². The van der Waals surface area contributed by atoms with E-state index >= 15 is 0 Å². The van der Waals surface area contributed by atoms with Crippen LogP contribution in [0.15, 0.2) is 72.1 Å². The highest BCUT2D eigenvalue weighted by Crippen LogP contribution is 2.25. The molecule has 0 aromatic rings. The van der Waals surface area contributed by atoms with Gasteiger partial charge in [0.1, 0.15) is 5.76 Å². The fourth-order valence-corrected chi connectivity index (χ4v) is 1.84. The molecule has 0 fully saturated rings. The van der Waals surface area contributed by atoms with Crippen LogP contribution in [0.3, 0.4) is 0 Å². The lowest BCUT2D eigenvalue weighted by molar-refractivity contribution is 0.199. The van der Waals surface area contributed by atoms with Crippen molar-refractivity contribution in [2.75, 3.05) is 20.8 Å². The van der Waals surface area contributed by atoms with Gasteiger partial charge < -0.3 is 9.47 Å². The first-order valence-corrected chi connectivity index (χ1v) is 7.04. The lowest BCUT2D eigenvalue weighted by Gasteiger charge is -2.13. The number of ether oxygens (including phenoxy) is 2. The van der Waals surface area contributed by atoms with Crippen molar-refractivity contribution in [1.82, 2.24) is 0 Å². The maximum absolute atomic E-state index is 5.22. The third-order valence-corrected chi connectivity index (χ3v) is 3.11. The molecule has 0 saturated carbocycles. The van der Waals surface area contributed by atoms with Crippen LogP contribution in [0.2, 0.25) is 0 Å². The maximum Gasteiger partial charge on any atom is 0.114 e. The van der Waals surface area contributed by atoms with Gasteiger partial charge in [-0.3, -0.25) is 0 Å². The Balaban J connectivity index is 5.26. The summed E-state index contributed by atoms with van der Waals surface area (Å²) < 4.78 is 10.3. The highest BCUT2D eigenvalue weighted by Gasteiger charge is 2.08. The van der Waals surface area contributed by atoms with Crippen LogP contribution in [0.4, 0.5) is 0 Å². The summed E-state index contributed by atoms with van der Waals surface area (Å²) in [5.41, 5.74) is 4.88. The molecule has 116 valence electrons. The number of hydrogen-bond acceptors (Lipinski definition) is 2. The van der Waals surface area contributed by atoms with E-state index in [9.17, 15) is 0 Å². The van der Waals surface area contributed by atoms with E-state index in [1.165, 1.54) is 0 Å². The van der Waals surface area contributed by atoms with E-state index in [0.717, 1.165) is 40.7 Å². The second-order valence-corrected chi connectivity index (χ2v) is 4.91. The topological polar surface area (TPSA) is 18.5 Å². The summed E-state index contributed by atoms with van der Waals surface area (Å²) in [7, 11) is 3.28. The zero-order valence-electron chi connectivity index (χ0n) is 13.9. The van der Waals surface area contributed by atoms with Gasteiger partial charge in [0.25, 0.3) is 0 Å². The molecule has 0 heterocycles. The van der Waals surface area contributed by atoms with Gasteiger partial charge in [0.15, 0.2) is 0 Å². The van der Waals surface area contributed by atoms with Gasteiger partial charge >= 0.3 is 0 Å². The third-order valence-electron chi connectivity index (χ3n) is 3.11. The van der Waals surface area contributed by atoms with Gasteiger partial charge in [-0.2, -0.15) is 0 Å². The largest absolute Gasteiger partial charge is 0.497 e. The van der Waals surface area contributed by atoms with E-state index in [4.69, 9.17) is 9.47 Å². The predicted octanol–water partition coefficient (Wildman–Crippen LogP) is 5.13. The zero-order valence-corrected chi connectivity index (χ0v) is 13.9. The number of methoxy groups -OCH3 is 2. The van der Waals surface area contributed by atoms with E-state index in [1.807, 2.05) is 19.1 Å². The lowest BCUT2D eigenvalue weighted by Crippen LogP contribution is -1.99.